The number of pyridine rings is 1. The van der Waals surface area contributed by atoms with Crippen molar-refractivity contribution in [2.75, 3.05) is 0 Å². The summed E-state index contributed by atoms with van der Waals surface area (Å²) in [5.41, 5.74) is 0.420. The smallest absolute Gasteiger partial charge is 0.213 e. The molecule has 2 aromatic rings. The van der Waals surface area contributed by atoms with E-state index in [1.165, 1.54) is 24.4 Å². The van der Waals surface area contributed by atoms with Crippen molar-refractivity contribution in [3.05, 3.63) is 58.3 Å². The summed E-state index contributed by atoms with van der Waals surface area (Å²) in [6.45, 7) is 0.0680. The second-order valence-electron chi connectivity index (χ2n) is 3.34. The van der Waals surface area contributed by atoms with Crippen LogP contribution in [0.3, 0.4) is 0 Å². The Labute approximate surface area is 105 Å². The molecular formula is C12H8BrF2NO. The Bertz CT molecular complexity index is 516. The highest BCUT2D eigenvalue weighted by Gasteiger charge is 2.04. The molecular weight excluding hydrogens is 292 g/mol. The average Bonchev–Trinajstić information content (AvgIpc) is 2.32. The molecule has 5 heteroatoms. The summed E-state index contributed by atoms with van der Waals surface area (Å²) in [5.74, 6) is -0.528. The van der Waals surface area contributed by atoms with Crippen molar-refractivity contribution in [2.45, 2.75) is 6.61 Å². The van der Waals surface area contributed by atoms with Crippen molar-refractivity contribution in [1.82, 2.24) is 4.98 Å². The third kappa shape index (κ3) is 3.23. The lowest BCUT2D eigenvalue weighted by molar-refractivity contribution is 0.297. The lowest BCUT2D eigenvalue weighted by atomic mass is 10.2. The molecule has 0 N–H and O–H groups in total. The molecule has 1 aromatic carbocycles. The fraction of sp³-hybridized carbons (Fsp3) is 0.0833. The second-order valence-corrected chi connectivity index (χ2v) is 4.26. The van der Waals surface area contributed by atoms with Gasteiger partial charge in [0.15, 0.2) is 0 Å². The van der Waals surface area contributed by atoms with Gasteiger partial charge in [0.05, 0.1) is 6.20 Å². The minimum absolute atomic E-state index is 0.0680. The van der Waals surface area contributed by atoms with Crippen molar-refractivity contribution in [1.29, 1.82) is 0 Å². The molecule has 0 aliphatic carbocycles. The first-order chi connectivity index (χ1) is 8.15. The van der Waals surface area contributed by atoms with Gasteiger partial charge < -0.3 is 4.74 Å². The van der Waals surface area contributed by atoms with Crippen molar-refractivity contribution < 1.29 is 13.5 Å². The van der Waals surface area contributed by atoms with Crippen LogP contribution in [0.1, 0.15) is 5.56 Å². The molecule has 88 valence electrons. The normalized spacial score (nSPS) is 10.3. The van der Waals surface area contributed by atoms with Gasteiger partial charge in [-0.25, -0.2) is 9.37 Å². The largest absolute Gasteiger partial charge is 0.487 e. The Morgan fingerprint density at radius 3 is 2.71 bits per heavy atom. The van der Waals surface area contributed by atoms with Crippen LogP contribution in [0.5, 0.6) is 5.75 Å². The molecule has 0 amide bonds. The fourth-order valence-corrected chi connectivity index (χ4v) is 1.67. The number of ether oxygens (including phenoxy) is 1. The monoisotopic (exact) mass is 299 g/mol. The van der Waals surface area contributed by atoms with E-state index in [-0.39, 0.29) is 12.4 Å². The maximum atomic E-state index is 13.4. The van der Waals surface area contributed by atoms with Crippen molar-refractivity contribution in [2.24, 2.45) is 0 Å². The van der Waals surface area contributed by atoms with E-state index in [1.54, 1.807) is 12.1 Å². The number of benzene rings is 1. The molecule has 0 saturated heterocycles. The zero-order valence-electron chi connectivity index (χ0n) is 8.66. The van der Waals surface area contributed by atoms with Gasteiger partial charge in [0, 0.05) is 10.0 Å². The zero-order chi connectivity index (χ0) is 12.3. The lowest BCUT2D eigenvalue weighted by Gasteiger charge is -2.07. The van der Waals surface area contributed by atoms with E-state index in [0.29, 0.717) is 11.3 Å². The fourth-order valence-electron chi connectivity index (χ4n) is 1.26. The van der Waals surface area contributed by atoms with Crippen LogP contribution in [0, 0.1) is 11.8 Å². The van der Waals surface area contributed by atoms with Crippen molar-refractivity contribution in [3.63, 3.8) is 0 Å². The Morgan fingerprint density at radius 2 is 2.00 bits per heavy atom. The van der Waals surface area contributed by atoms with Gasteiger partial charge in [0.25, 0.3) is 0 Å². The van der Waals surface area contributed by atoms with Gasteiger partial charge in [-0.2, -0.15) is 4.39 Å². The molecule has 0 bridgehead atoms. The van der Waals surface area contributed by atoms with Crippen LogP contribution >= 0.6 is 15.9 Å². The SMILES string of the molecule is Fc1ccc(OCc2cc(Br)ccc2F)cn1. The summed E-state index contributed by atoms with van der Waals surface area (Å²) in [6.07, 6.45) is 1.26. The van der Waals surface area contributed by atoms with Crippen molar-refractivity contribution in [3.8, 4) is 5.75 Å². The van der Waals surface area contributed by atoms with Gasteiger partial charge in [0.1, 0.15) is 18.2 Å². The third-order valence-electron chi connectivity index (χ3n) is 2.10. The molecule has 0 fully saturated rings. The summed E-state index contributed by atoms with van der Waals surface area (Å²) in [4.78, 5) is 3.44. The molecule has 1 aromatic heterocycles. The molecule has 17 heavy (non-hydrogen) atoms. The number of aromatic nitrogens is 1. The number of rotatable bonds is 3. The van der Waals surface area contributed by atoms with Gasteiger partial charge >= 0.3 is 0 Å². The van der Waals surface area contributed by atoms with Crippen LogP contribution in [0.25, 0.3) is 0 Å². The molecule has 0 spiro atoms. The lowest BCUT2D eigenvalue weighted by Crippen LogP contribution is -1.99. The first-order valence-corrected chi connectivity index (χ1v) is 5.63. The van der Waals surface area contributed by atoms with Gasteiger partial charge in [0.2, 0.25) is 5.95 Å². The molecule has 2 nitrogen and oxygen atoms in total. The molecule has 0 atom stereocenters. The van der Waals surface area contributed by atoms with Crippen LogP contribution < -0.4 is 4.74 Å². The molecule has 2 rings (SSSR count). The summed E-state index contributed by atoms with van der Waals surface area (Å²) in [7, 11) is 0. The number of halogens is 3. The van der Waals surface area contributed by atoms with Crippen LogP contribution in [0.15, 0.2) is 41.0 Å². The maximum Gasteiger partial charge on any atom is 0.213 e. The van der Waals surface area contributed by atoms with Crippen LogP contribution in [0.4, 0.5) is 8.78 Å². The summed E-state index contributed by atoms with van der Waals surface area (Å²) < 4.78 is 32.0. The molecule has 0 aliphatic heterocycles. The second kappa shape index (κ2) is 5.23. The van der Waals surface area contributed by atoms with E-state index in [4.69, 9.17) is 4.74 Å². The highest BCUT2D eigenvalue weighted by atomic mass is 79.9. The van der Waals surface area contributed by atoms with E-state index in [1.807, 2.05) is 0 Å². The average molecular weight is 300 g/mol. The number of hydrogen-bond acceptors (Lipinski definition) is 2. The first kappa shape index (κ1) is 12.0. The minimum atomic E-state index is -0.578. The van der Waals surface area contributed by atoms with Gasteiger partial charge in [-0.1, -0.05) is 15.9 Å². The summed E-state index contributed by atoms with van der Waals surface area (Å²) >= 11 is 3.25. The predicted molar refractivity (Wildman–Crippen MR) is 62.6 cm³/mol. The predicted octanol–water partition coefficient (Wildman–Crippen LogP) is 3.70. The highest BCUT2D eigenvalue weighted by molar-refractivity contribution is 9.10. The van der Waals surface area contributed by atoms with E-state index in [9.17, 15) is 8.78 Å². The van der Waals surface area contributed by atoms with E-state index >= 15 is 0 Å². The van der Waals surface area contributed by atoms with Crippen LogP contribution in [-0.2, 0) is 6.61 Å². The number of nitrogens with zero attached hydrogens (tertiary/aromatic N) is 1. The van der Waals surface area contributed by atoms with Crippen LogP contribution in [-0.4, -0.2) is 4.98 Å². The first-order valence-electron chi connectivity index (χ1n) is 4.83. The van der Waals surface area contributed by atoms with E-state index < -0.39 is 5.95 Å². The molecule has 0 unspecified atom stereocenters. The topological polar surface area (TPSA) is 22.1 Å². The van der Waals surface area contributed by atoms with Gasteiger partial charge in [-0.15, -0.1) is 0 Å². The minimum Gasteiger partial charge on any atom is -0.487 e. The van der Waals surface area contributed by atoms with Crippen molar-refractivity contribution >= 4 is 15.9 Å². The molecule has 0 aliphatic rings. The zero-order valence-corrected chi connectivity index (χ0v) is 10.2. The van der Waals surface area contributed by atoms with E-state index in [0.717, 1.165) is 4.47 Å². The van der Waals surface area contributed by atoms with E-state index in [2.05, 4.69) is 20.9 Å². The Morgan fingerprint density at radius 1 is 1.18 bits per heavy atom. The molecule has 1 heterocycles. The Kier molecular flexibility index (Phi) is 3.68. The highest BCUT2D eigenvalue weighted by Crippen LogP contribution is 2.18. The summed E-state index contributed by atoms with van der Waals surface area (Å²) in [6, 6.07) is 7.22. The quantitative estimate of drug-likeness (QED) is 0.806. The number of hydrogen-bond donors (Lipinski definition) is 0. The summed E-state index contributed by atoms with van der Waals surface area (Å²) in [5, 5.41) is 0. The Balaban J connectivity index is 2.07. The standard InChI is InChI=1S/C12H8BrF2NO/c13-9-1-3-11(14)8(5-9)7-17-10-2-4-12(15)16-6-10/h1-6H,7H2. The van der Waals surface area contributed by atoms with Gasteiger partial charge in [-0.05, 0) is 30.3 Å². The Hall–Kier alpha value is -1.49. The molecule has 0 saturated carbocycles. The third-order valence-corrected chi connectivity index (χ3v) is 2.60. The molecule has 0 radical (unpaired) electrons. The van der Waals surface area contributed by atoms with Gasteiger partial charge in [-0.3, -0.25) is 0 Å². The maximum absolute atomic E-state index is 13.4. The van der Waals surface area contributed by atoms with Crippen LogP contribution in [0.2, 0.25) is 0 Å².